The van der Waals surface area contributed by atoms with Crippen LogP contribution in [0, 0.1) is 11.8 Å². The highest BCUT2D eigenvalue weighted by Gasteiger charge is 2.53. The average Bonchev–Trinajstić information content (AvgIpc) is 3.79. The molecule has 57 heavy (non-hydrogen) atoms. The van der Waals surface area contributed by atoms with E-state index in [2.05, 4.69) is 15.6 Å². The van der Waals surface area contributed by atoms with E-state index in [-0.39, 0.29) is 55.1 Å². The summed E-state index contributed by atoms with van der Waals surface area (Å²) < 4.78 is 92.5. The Morgan fingerprint density at radius 3 is 2.54 bits per heavy atom. The molecule has 3 heterocycles. The maximum atomic E-state index is 15.4. The summed E-state index contributed by atoms with van der Waals surface area (Å²) in [5.74, 6) is 0.594. The van der Waals surface area contributed by atoms with E-state index in [4.69, 9.17) is 28.0 Å². The van der Waals surface area contributed by atoms with Crippen molar-refractivity contribution in [2.45, 2.75) is 107 Å². The Labute approximate surface area is 336 Å². The smallest absolute Gasteiger partial charge is 0.407 e. The highest BCUT2D eigenvalue weighted by molar-refractivity contribution is 7.89. The fraction of sp³-hybridized carbons (Fsp3) is 0.632. The van der Waals surface area contributed by atoms with Crippen LogP contribution in [0.1, 0.15) is 58.9 Å². The second-order valence-electron chi connectivity index (χ2n) is 15.7. The second kappa shape index (κ2) is 17.3. The highest BCUT2D eigenvalue weighted by Crippen LogP contribution is 2.48. The van der Waals surface area contributed by atoms with Gasteiger partial charge in [-0.3, -0.25) is 4.57 Å². The molecule has 15 nitrogen and oxygen atoms in total. The van der Waals surface area contributed by atoms with E-state index in [9.17, 15) is 22.9 Å². The average molecular weight is 855 g/mol. The van der Waals surface area contributed by atoms with Gasteiger partial charge in [-0.15, -0.1) is 0 Å². The van der Waals surface area contributed by atoms with Crippen molar-refractivity contribution in [3.8, 4) is 5.75 Å². The fourth-order valence-corrected chi connectivity index (χ4v) is 11.6. The maximum Gasteiger partial charge on any atom is 0.407 e. The quantitative estimate of drug-likeness (QED) is 0.112. The number of halogens is 1. The molecule has 1 amide bonds. The molecule has 4 aliphatic rings. The van der Waals surface area contributed by atoms with Gasteiger partial charge in [-0.25, -0.2) is 22.6 Å². The number of amides is 1. The molecular formula is C38H52FN4O11PS2. The van der Waals surface area contributed by atoms with E-state index in [1.54, 1.807) is 44.2 Å². The van der Waals surface area contributed by atoms with Crippen molar-refractivity contribution >= 4 is 50.4 Å². The summed E-state index contributed by atoms with van der Waals surface area (Å²) in [4.78, 5) is 18.1. The van der Waals surface area contributed by atoms with Crippen LogP contribution in [0.5, 0.6) is 5.75 Å². The number of hydrogen-bond donors (Lipinski definition) is 3. The van der Waals surface area contributed by atoms with Gasteiger partial charge < -0.3 is 43.7 Å². The zero-order valence-electron chi connectivity index (χ0n) is 32.5. The third kappa shape index (κ3) is 10.5. The van der Waals surface area contributed by atoms with Crippen LogP contribution in [0.2, 0.25) is 0 Å². The van der Waals surface area contributed by atoms with Crippen LogP contribution in [0.25, 0.3) is 10.2 Å². The molecule has 5 unspecified atom stereocenters. The number of benzene rings is 2. The normalized spacial score (nSPS) is 24.4. The number of hydrogen-bond acceptors (Lipinski definition) is 14. The van der Waals surface area contributed by atoms with Gasteiger partial charge >= 0.3 is 13.7 Å². The molecule has 314 valence electrons. The number of ether oxygens (including phenoxy) is 4. The molecule has 2 saturated heterocycles. The van der Waals surface area contributed by atoms with Crippen molar-refractivity contribution in [3.63, 3.8) is 0 Å². The van der Waals surface area contributed by atoms with Crippen molar-refractivity contribution in [2.75, 3.05) is 44.6 Å². The molecule has 7 atom stereocenters. The van der Waals surface area contributed by atoms with Crippen molar-refractivity contribution in [2.24, 2.45) is 11.8 Å². The van der Waals surface area contributed by atoms with E-state index in [0.29, 0.717) is 45.7 Å². The van der Waals surface area contributed by atoms with Crippen molar-refractivity contribution < 1.29 is 55.3 Å². The summed E-state index contributed by atoms with van der Waals surface area (Å²) in [5, 5.41) is 18.7. The van der Waals surface area contributed by atoms with E-state index < -0.39 is 60.7 Å². The van der Waals surface area contributed by atoms with Gasteiger partial charge in [0.1, 0.15) is 17.5 Å². The van der Waals surface area contributed by atoms with Gasteiger partial charge in [0.05, 0.1) is 53.2 Å². The first-order valence-electron chi connectivity index (χ1n) is 19.5. The zero-order chi connectivity index (χ0) is 40.5. The lowest BCUT2D eigenvalue weighted by molar-refractivity contribution is -0.153. The number of carbonyl (C=O) groups is 1. The Kier molecular flexibility index (Phi) is 12.8. The number of sulfonamides is 1. The Morgan fingerprint density at radius 1 is 1.12 bits per heavy atom. The number of nitrogens with zero attached hydrogens (tertiary/aromatic N) is 2. The summed E-state index contributed by atoms with van der Waals surface area (Å²) in [6.45, 7) is 5.60. The van der Waals surface area contributed by atoms with Gasteiger partial charge in [0.2, 0.25) is 10.0 Å². The Bertz CT molecular complexity index is 2010. The van der Waals surface area contributed by atoms with E-state index in [0.717, 1.165) is 23.6 Å². The number of alkyl halides is 1. The zero-order valence-corrected chi connectivity index (χ0v) is 35.0. The molecular weight excluding hydrogens is 803 g/mol. The molecule has 0 spiro atoms. The van der Waals surface area contributed by atoms with Crippen LogP contribution in [-0.4, -0.2) is 111 Å². The Balaban J connectivity index is 1.10. The summed E-state index contributed by atoms with van der Waals surface area (Å²) in [7, 11) is -7.84. The number of carbonyl (C=O) groups excluding carboxylic acids is 1. The molecule has 2 aliphatic heterocycles. The van der Waals surface area contributed by atoms with Crippen LogP contribution >= 0.6 is 18.9 Å². The molecule has 2 aromatic carbocycles. The minimum atomic E-state index is -4.37. The van der Waals surface area contributed by atoms with Gasteiger partial charge in [-0.05, 0) is 95.7 Å². The van der Waals surface area contributed by atoms with Crippen molar-refractivity contribution in [1.82, 2.24) is 14.6 Å². The lowest BCUT2D eigenvalue weighted by atomic mass is 9.78. The van der Waals surface area contributed by atoms with Crippen LogP contribution < -0.4 is 15.4 Å². The van der Waals surface area contributed by atoms with Gasteiger partial charge in [-0.2, -0.15) is 4.31 Å². The SMILES string of the molecule is CCOP(=O)(COc1ccc(C[C@H](NC(=O)OC2C3COC4OC2CC4C3)[C@H](O)CN(CC(C)(C)F)S(=O)(=O)c2ccc3nc(NC4CC4)sc3c2)cc1)OCC. The van der Waals surface area contributed by atoms with E-state index in [1.807, 2.05) is 0 Å². The van der Waals surface area contributed by atoms with Gasteiger partial charge in [0.15, 0.2) is 17.8 Å². The minimum Gasteiger partial charge on any atom is -0.481 e. The highest BCUT2D eigenvalue weighted by atomic mass is 32.2. The van der Waals surface area contributed by atoms with Gasteiger partial charge in [-0.1, -0.05) is 23.5 Å². The first-order chi connectivity index (χ1) is 27.1. The monoisotopic (exact) mass is 854 g/mol. The molecule has 4 fully saturated rings. The summed E-state index contributed by atoms with van der Waals surface area (Å²) in [5.41, 5.74) is -0.703. The number of anilines is 1. The predicted octanol–water partition coefficient (Wildman–Crippen LogP) is 6.06. The largest absolute Gasteiger partial charge is 0.481 e. The number of nitrogens with one attached hydrogen (secondary N) is 2. The number of aromatic nitrogens is 1. The molecule has 3 N–H and O–H groups in total. The third-order valence-electron chi connectivity index (χ3n) is 10.4. The maximum absolute atomic E-state index is 15.4. The third-order valence-corrected chi connectivity index (χ3v) is 14.9. The lowest BCUT2D eigenvalue weighted by Gasteiger charge is -2.37. The topological polar surface area (TPSA) is 184 Å². The molecule has 2 aliphatic carbocycles. The number of aliphatic hydroxyl groups is 1. The molecule has 1 aromatic heterocycles. The first kappa shape index (κ1) is 42.2. The van der Waals surface area contributed by atoms with Crippen LogP contribution in [0.15, 0.2) is 47.4 Å². The summed E-state index contributed by atoms with van der Waals surface area (Å²) >= 11 is 1.34. The number of thiazole rings is 1. The molecule has 3 aromatic rings. The molecule has 7 rings (SSSR count). The molecule has 2 saturated carbocycles. The van der Waals surface area contributed by atoms with E-state index >= 15 is 4.39 Å². The van der Waals surface area contributed by atoms with Crippen LogP contribution in [0.4, 0.5) is 14.3 Å². The van der Waals surface area contributed by atoms with Crippen LogP contribution in [0.3, 0.4) is 0 Å². The first-order valence-corrected chi connectivity index (χ1v) is 23.5. The van der Waals surface area contributed by atoms with Crippen LogP contribution in [-0.2, 0) is 44.3 Å². The predicted molar refractivity (Wildman–Crippen MR) is 211 cm³/mol. The molecule has 3 bridgehead atoms. The molecule has 0 radical (unpaired) electrons. The number of aliphatic hydroxyl groups excluding tert-OH is 1. The van der Waals surface area contributed by atoms with E-state index in [1.165, 1.54) is 37.3 Å². The Morgan fingerprint density at radius 2 is 1.86 bits per heavy atom. The number of alkyl carbamates (subject to hydrolysis) is 1. The lowest BCUT2D eigenvalue weighted by Crippen LogP contribution is -2.53. The number of fused-ring (bicyclic) bond motifs is 3. The molecule has 19 heteroatoms. The van der Waals surface area contributed by atoms with Crippen molar-refractivity contribution in [1.29, 1.82) is 0 Å². The van der Waals surface area contributed by atoms with Crippen molar-refractivity contribution in [3.05, 3.63) is 48.0 Å². The Hall–Kier alpha value is -2.93. The standard InChI is InChI=1S/C38H52FN4O11PS2/c1-5-51-55(46,52-6-2)22-50-27-11-7-23(8-12-27)15-30(42-37(45)54-34-25-16-24-17-32(34)53-35(24)49-20-25)31(44)19-43(21-38(3,4)39)57(47,48)28-13-14-29-33(18-28)56-36(41-29)40-26-9-10-26/h7-8,11-14,18,24-26,30-32,34-35,44H,5-6,9-10,15-17,19-22H2,1-4H3,(H,40,41)(H,42,45)/t24?,25?,30-,31+,32?,34?,35?/m0/s1. The summed E-state index contributed by atoms with van der Waals surface area (Å²) in [6, 6.07) is 10.5. The fourth-order valence-electron chi connectivity index (χ4n) is 7.63. The second-order valence-corrected chi connectivity index (χ2v) is 20.7. The van der Waals surface area contributed by atoms with Gasteiger partial charge in [0.25, 0.3) is 0 Å². The summed E-state index contributed by atoms with van der Waals surface area (Å²) in [6.07, 6.45) is -0.146. The minimum absolute atomic E-state index is 0.0325. The van der Waals surface area contributed by atoms with Gasteiger partial charge in [0, 0.05) is 31.0 Å². The number of rotatable bonds is 20.